The number of fused-ring (bicyclic) bond motifs is 1. The number of carbonyl (C=O) groups is 3. The number of carbonyl (C=O) groups excluding carboxylic acids is 3. The number of rotatable bonds is 3. The molecule has 3 amide bonds. The summed E-state index contributed by atoms with van der Waals surface area (Å²) >= 11 is 0. The maximum absolute atomic E-state index is 12.5. The van der Waals surface area contributed by atoms with Gasteiger partial charge in [0.2, 0.25) is 0 Å². The minimum absolute atomic E-state index is 0.303. The van der Waals surface area contributed by atoms with Crippen LogP contribution in [0.25, 0.3) is 0 Å². The predicted molar refractivity (Wildman–Crippen MR) is 90.7 cm³/mol. The molecule has 0 saturated heterocycles. The Morgan fingerprint density at radius 1 is 0.880 bits per heavy atom. The van der Waals surface area contributed by atoms with Crippen molar-refractivity contribution >= 4 is 29.1 Å². The molecule has 0 aliphatic carbocycles. The highest BCUT2D eigenvalue weighted by Gasteiger charge is 2.36. The average molecular weight is 332 g/mol. The largest absolute Gasteiger partial charge is 0.472 e. The Labute approximate surface area is 142 Å². The van der Waals surface area contributed by atoms with Gasteiger partial charge < -0.3 is 9.73 Å². The molecule has 2 aromatic carbocycles. The fourth-order valence-corrected chi connectivity index (χ4v) is 2.71. The van der Waals surface area contributed by atoms with E-state index >= 15 is 0 Å². The molecule has 4 rings (SSSR count). The van der Waals surface area contributed by atoms with Crippen molar-refractivity contribution in [1.29, 1.82) is 0 Å². The summed E-state index contributed by atoms with van der Waals surface area (Å²) in [4.78, 5) is 38.0. The van der Waals surface area contributed by atoms with Gasteiger partial charge in [0.25, 0.3) is 17.7 Å². The summed E-state index contributed by atoms with van der Waals surface area (Å²) in [6, 6.07) is 14.8. The Morgan fingerprint density at radius 2 is 1.52 bits per heavy atom. The minimum atomic E-state index is -0.351. The molecular formula is C19H12N2O4. The van der Waals surface area contributed by atoms with Crippen molar-refractivity contribution in [3.8, 4) is 0 Å². The molecule has 1 aliphatic heterocycles. The van der Waals surface area contributed by atoms with E-state index in [0.29, 0.717) is 28.1 Å². The summed E-state index contributed by atoms with van der Waals surface area (Å²) in [5.74, 6) is -1.01. The Morgan fingerprint density at radius 3 is 2.08 bits per heavy atom. The standard InChI is InChI=1S/C19H12N2O4/c22-17(12-9-10-25-11-12)20-13-5-7-14(8-6-13)21-18(23)15-3-1-2-4-16(15)19(21)24/h1-11H,(H,20,22). The number of nitrogens with zero attached hydrogens (tertiary/aromatic N) is 1. The monoisotopic (exact) mass is 332 g/mol. The maximum Gasteiger partial charge on any atom is 0.266 e. The predicted octanol–water partition coefficient (Wildman–Crippen LogP) is 3.33. The zero-order chi connectivity index (χ0) is 17.4. The number of hydrogen-bond acceptors (Lipinski definition) is 4. The summed E-state index contributed by atoms with van der Waals surface area (Å²) in [7, 11) is 0. The third-order valence-corrected chi connectivity index (χ3v) is 3.96. The lowest BCUT2D eigenvalue weighted by atomic mass is 10.1. The third-order valence-electron chi connectivity index (χ3n) is 3.96. The number of benzene rings is 2. The topological polar surface area (TPSA) is 79.6 Å². The second kappa shape index (κ2) is 5.76. The molecule has 25 heavy (non-hydrogen) atoms. The molecule has 0 radical (unpaired) electrons. The van der Waals surface area contributed by atoms with Crippen molar-refractivity contribution in [1.82, 2.24) is 0 Å². The van der Waals surface area contributed by atoms with E-state index < -0.39 is 0 Å². The van der Waals surface area contributed by atoms with Gasteiger partial charge in [0, 0.05) is 5.69 Å². The van der Waals surface area contributed by atoms with Gasteiger partial charge in [0.1, 0.15) is 6.26 Å². The Kier molecular flexibility index (Phi) is 3.43. The van der Waals surface area contributed by atoms with E-state index in [2.05, 4.69) is 5.32 Å². The zero-order valence-electron chi connectivity index (χ0n) is 12.9. The lowest BCUT2D eigenvalue weighted by Crippen LogP contribution is -2.29. The summed E-state index contributed by atoms with van der Waals surface area (Å²) < 4.78 is 4.87. The Balaban J connectivity index is 1.56. The van der Waals surface area contributed by atoms with Gasteiger partial charge in [0.05, 0.1) is 28.6 Å². The van der Waals surface area contributed by atoms with Crippen LogP contribution in [0.4, 0.5) is 11.4 Å². The lowest BCUT2D eigenvalue weighted by molar-refractivity contribution is 0.0924. The van der Waals surface area contributed by atoms with Crippen molar-refractivity contribution in [3.63, 3.8) is 0 Å². The Bertz CT molecular complexity index is 940. The average Bonchev–Trinajstić information content (AvgIpc) is 3.25. The van der Waals surface area contributed by atoms with Crippen LogP contribution in [0.15, 0.2) is 71.5 Å². The van der Waals surface area contributed by atoms with Crippen LogP contribution >= 0.6 is 0 Å². The summed E-state index contributed by atoms with van der Waals surface area (Å²) in [5.41, 5.74) is 2.19. The molecule has 122 valence electrons. The molecule has 0 bridgehead atoms. The van der Waals surface area contributed by atoms with Crippen LogP contribution in [-0.4, -0.2) is 17.7 Å². The van der Waals surface area contributed by atoms with Crippen LogP contribution in [0.5, 0.6) is 0 Å². The van der Waals surface area contributed by atoms with Gasteiger partial charge in [-0.2, -0.15) is 0 Å². The molecule has 0 unspecified atom stereocenters. The SMILES string of the molecule is O=C(Nc1ccc(N2C(=O)c3ccccc3C2=O)cc1)c1ccoc1. The second-order valence-electron chi connectivity index (χ2n) is 5.50. The van der Waals surface area contributed by atoms with E-state index in [1.807, 2.05) is 0 Å². The van der Waals surface area contributed by atoms with E-state index in [1.165, 1.54) is 12.5 Å². The molecule has 0 spiro atoms. The molecule has 2 heterocycles. The van der Waals surface area contributed by atoms with Gasteiger partial charge in [-0.25, -0.2) is 4.90 Å². The van der Waals surface area contributed by atoms with E-state index in [0.717, 1.165) is 4.90 Å². The quantitative estimate of drug-likeness (QED) is 0.746. The molecule has 3 aromatic rings. The van der Waals surface area contributed by atoms with Gasteiger partial charge in [-0.05, 0) is 42.5 Å². The number of amides is 3. The first-order valence-electron chi connectivity index (χ1n) is 7.56. The molecule has 1 aromatic heterocycles. The van der Waals surface area contributed by atoms with Crippen molar-refractivity contribution < 1.29 is 18.8 Å². The number of imide groups is 1. The second-order valence-corrected chi connectivity index (χ2v) is 5.50. The normalized spacial score (nSPS) is 13.0. The summed E-state index contributed by atoms with van der Waals surface area (Å²) in [6.45, 7) is 0. The van der Waals surface area contributed by atoms with Crippen molar-refractivity contribution in [3.05, 3.63) is 83.8 Å². The lowest BCUT2D eigenvalue weighted by Gasteiger charge is -2.14. The van der Waals surface area contributed by atoms with Crippen LogP contribution in [-0.2, 0) is 0 Å². The first-order valence-corrected chi connectivity index (χ1v) is 7.56. The maximum atomic E-state index is 12.5. The van der Waals surface area contributed by atoms with Gasteiger partial charge in [-0.15, -0.1) is 0 Å². The first kappa shape index (κ1) is 14.9. The van der Waals surface area contributed by atoms with Crippen LogP contribution in [0.1, 0.15) is 31.1 Å². The van der Waals surface area contributed by atoms with E-state index in [1.54, 1.807) is 54.6 Å². The molecular weight excluding hydrogens is 320 g/mol. The molecule has 1 aliphatic rings. The summed E-state index contributed by atoms with van der Waals surface area (Å²) in [5, 5.41) is 2.71. The zero-order valence-corrected chi connectivity index (χ0v) is 12.9. The van der Waals surface area contributed by atoms with Crippen molar-refractivity contribution in [2.45, 2.75) is 0 Å². The number of nitrogens with one attached hydrogen (secondary N) is 1. The highest BCUT2D eigenvalue weighted by molar-refractivity contribution is 6.34. The number of anilines is 2. The van der Waals surface area contributed by atoms with Crippen LogP contribution in [0, 0.1) is 0 Å². The van der Waals surface area contributed by atoms with Gasteiger partial charge in [-0.3, -0.25) is 14.4 Å². The van der Waals surface area contributed by atoms with E-state index in [-0.39, 0.29) is 17.7 Å². The minimum Gasteiger partial charge on any atom is -0.472 e. The molecule has 0 saturated carbocycles. The van der Waals surface area contributed by atoms with Gasteiger partial charge >= 0.3 is 0 Å². The molecule has 0 fully saturated rings. The fraction of sp³-hybridized carbons (Fsp3) is 0. The molecule has 0 atom stereocenters. The van der Waals surface area contributed by atoms with E-state index in [9.17, 15) is 14.4 Å². The number of hydrogen-bond donors (Lipinski definition) is 1. The highest BCUT2D eigenvalue weighted by Crippen LogP contribution is 2.29. The van der Waals surface area contributed by atoms with Gasteiger partial charge in [0.15, 0.2) is 0 Å². The highest BCUT2D eigenvalue weighted by atomic mass is 16.3. The third kappa shape index (κ3) is 2.49. The van der Waals surface area contributed by atoms with Crippen LogP contribution < -0.4 is 10.2 Å². The smallest absolute Gasteiger partial charge is 0.266 e. The van der Waals surface area contributed by atoms with Gasteiger partial charge in [-0.1, -0.05) is 12.1 Å². The fourth-order valence-electron chi connectivity index (χ4n) is 2.71. The molecule has 6 heteroatoms. The number of furan rings is 1. The summed E-state index contributed by atoms with van der Waals surface area (Å²) in [6.07, 6.45) is 2.77. The van der Waals surface area contributed by atoms with Crippen LogP contribution in [0.3, 0.4) is 0 Å². The van der Waals surface area contributed by atoms with Crippen molar-refractivity contribution in [2.24, 2.45) is 0 Å². The molecule has 1 N–H and O–H groups in total. The first-order chi connectivity index (χ1) is 12.1. The van der Waals surface area contributed by atoms with Crippen LogP contribution in [0.2, 0.25) is 0 Å². The van der Waals surface area contributed by atoms with Crippen molar-refractivity contribution in [2.75, 3.05) is 10.2 Å². The van der Waals surface area contributed by atoms with E-state index in [4.69, 9.17) is 4.42 Å². The Hall–Kier alpha value is -3.67. The molecule has 6 nitrogen and oxygen atoms in total.